The van der Waals surface area contributed by atoms with Crippen LogP contribution in [0, 0.1) is 0 Å². The van der Waals surface area contributed by atoms with E-state index in [1.807, 2.05) is 0 Å². The summed E-state index contributed by atoms with van der Waals surface area (Å²) in [6, 6.07) is 14.0. The number of carbonyl (C=O) groups is 1. The van der Waals surface area contributed by atoms with Gasteiger partial charge in [-0.3, -0.25) is 4.79 Å². The Hall–Kier alpha value is -2.69. The Morgan fingerprint density at radius 1 is 0.842 bits per heavy atom. The van der Waals surface area contributed by atoms with E-state index in [0.29, 0.717) is 33.4 Å². The molecule has 0 bridgehead atoms. The van der Waals surface area contributed by atoms with Crippen LogP contribution in [0.1, 0.15) is 11.1 Å². The minimum Gasteiger partial charge on any atom is -0.493 e. The van der Waals surface area contributed by atoms with Crippen LogP contribution in [0.2, 0.25) is 15.1 Å². The molecule has 12 heteroatoms. The molecule has 0 heterocycles. The lowest BCUT2D eigenvalue weighted by Gasteiger charge is -2.26. The largest absolute Gasteiger partial charge is 0.493 e. The number of rotatable bonds is 11. The zero-order valence-corrected chi connectivity index (χ0v) is 24.3. The van der Waals surface area contributed by atoms with Crippen molar-refractivity contribution >= 4 is 50.7 Å². The third kappa shape index (κ3) is 6.84. The van der Waals surface area contributed by atoms with E-state index in [9.17, 15) is 13.2 Å². The molecule has 0 saturated heterocycles. The van der Waals surface area contributed by atoms with Crippen molar-refractivity contribution in [1.82, 2.24) is 9.21 Å². The van der Waals surface area contributed by atoms with Crippen LogP contribution in [-0.2, 0) is 27.9 Å². The molecule has 0 unspecified atom stereocenters. The Balaban J connectivity index is 1.92. The molecule has 3 aromatic carbocycles. The molecule has 0 aliphatic carbocycles. The van der Waals surface area contributed by atoms with Crippen LogP contribution in [0.15, 0.2) is 59.5 Å². The summed E-state index contributed by atoms with van der Waals surface area (Å²) >= 11 is 18.6. The summed E-state index contributed by atoms with van der Waals surface area (Å²) in [7, 11) is 1.93. The lowest BCUT2D eigenvalue weighted by Crippen LogP contribution is -2.41. The predicted molar refractivity (Wildman–Crippen MR) is 148 cm³/mol. The van der Waals surface area contributed by atoms with Gasteiger partial charge in [0.1, 0.15) is 0 Å². The monoisotopic (exact) mass is 600 g/mol. The zero-order chi connectivity index (χ0) is 28.0. The first-order valence-electron chi connectivity index (χ1n) is 11.2. The van der Waals surface area contributed by atoms with E-state index in [0.717, 1.165) is 4.31 Å². The van der Waals surface area contributed by atoms with Gasteiger partial charge in [-0.1, -0.05) is 40.9 Å². The molecule has 0 radical (unpaired) electrons. The Kier molecular flexibility index (Phi) is 10.1. The van der Waals surface area contributed by atoms with Crippen LogP contribution in [0.25, 0.3) is 0 Å². The van der Waals surface area contributed by atoms with Gasteiger partial charge in [-0.15, -0.1) is 0 Å². The van der Waals surface area contributed by atoms with Gasteiger partial charge in [-0.25, -0.2) is 8.42 Å². The fraction of sp³-hybridized carbons (Fsp3) is 0.269. The molecule has 1 amide bonds. The number of nitrogens with zero attached hydrogens (tertiary/aromatic N) is 2. The van der Waals surface area contributed by atoms with Crippen molar-refractivity contribution in [2.45, 2.75) is 18.0 Å². The minimum absolute atomic E-state index is 0.0230. The van der Waals surface area contributed by atoms with Crippen molar-refractivity contribution in [1.29, 1.82) is 0 Å². The zero-order valence-electron chi connectivity index (χ0n) is 21.2. The number of likely N-dealkylation sites (N-methyl/N-ethyl adjacent to an activating group) is 1. The number of hydrogen-bond donors (Lipinski definition) is 0. The van der Waals surface area contributed by atoms with E-state index in [2.05, 4.69) is 0 Å². The average Bonchev–Trinajstić information content (AvgIpc) is 2.89. The summed E-state index contributed by atoms with van der Waals surface area (Å²) in [5, 5.41) is 0.949. The van der Waals surface area contributed by atoms with Gasteiger partial charge in [0.2, 0.25) is 21.7 Å². The molecule has 3 aromatic rings. The Morgan fingerprint density at radius 2 is 1.39 bits per heavy atom. The molecule has 0 atom stereocenters. The molecule has 0 aromatic heterocycles. The summed E-state index contributed by atoms with van der Waals surface area (Å²) in [6.07, 6.45) is 0. The highest BCUT2D eigenvalue weighted by Crippen LogP contribution is 2.38. The Morgan fingerprint density at radius 3 is 1.89 bits per heavy atom. The van der Waals surface area contributed by atoms with Crippen LogP contribution in [0.4, 0.5) is 0 Å². The van der Waals surface area contributed by atoms with E-state index < -0.39 is 22.5 Å². The summed E-state index contributed by atoms with van der Waals surface area (Å²) in [5.74, 6) is 0.829. The van der Waals surface area contributed by atoms with E-state index in [1.54, 1.807) is 37.4 Å². The molecule has 204 valence electrons. The number of amides is 1. The lowest BCUT2D eigenvalue weighted by atomic mass is 10.1. The highest BCUT2D eigenvalue weighted by molar-refractivity contribution is 7.89. The van der Waals surface area contributed by atoms with Crippen LogP contribution >= 0.6 is 34.8 Å². The second-order valence-electron chi connectivity index (χ2n) is 8.21. The van der Waals surface area contributed by atoms with Gasteiger partial charge >= 0.3 is 0 Å². The standard InChI is InChI=1S/C26H27Cl3N2O6S/c1-30(14-17-12-23(35-2)26(37-4)24(13-17)36-3)25(32)16-31(15-20-21(28)6-5-7-22(20)29)38(33,34)19-10-8-18(27)9-11-19/h5-13H,14-16H2,1-4H3. The van der Waals surface area contributed by atoms with E-state index in [4.69, 9.17) is 49.0 Å². The fourth-order valence-corrected chi connectivity index (χ4v) is 5.70. The smallest absolute Gasteiger partial charge is 0.243 e. The number of ether oxygens (including phenoxy) is 3. The Labute approximate surface area is 237 Å². The van der Waals surface area contributed by atoms with Crippen LogP contribution in [0.3, 0.4) is 0 Å². The van der Waals surface area contributed by atoms with Crippen molar-refractivity contribution in [2.24, 2.45) is 0 Å². The lowest BCUT2D eigenvalue weighted by molar-refractivity contribution is -0.130. The van der Waals surface area contributed by atoms with Gasteiger partial charge in [0.25, 0.3) is 0 Å². The van der Waals surface area contributed by atoms with Crippen molar-refractivity contribution in [2.75, 3.05) is 34.9 Å². The van der Waals surface area contributed by atoms with Gasteiger partial charge in [0.05, 0.1) is 32.8 Å². The Bertz CT molecular complexity index is 1360. The highest BCUT2D eigenvalue weighted by Gasteiger charge is 2.29. The molecule has 0 fully saturated rings. The molecular weight excluding hydrogens is 575 g/mol. The first-order chi connectivity index (χ1) is 18.0. The van der Waals surface area contributed by atoms with Gasteiger partial charge in [-0.2, -0.15) is 4.31 Å². The van der Waals surface area contributed by atoms with E-state index >= 15 is 0 Å². The van der Waals surface area contributed by atoms with Gasteiger partial charge in [-0.05, 0) is 54.1 Å². The summed E-state index contributed by atoms with van der Waals surface area (Å²) in [4.78, 5) is 14.7. The predicted octanol–water partition coefficient (Wildman–Crippen LogP) is 5.52. The molecule has 0 aliphatic rings. The maximum atomic E-state index is 13.6. The third-order valence-corrected chi connectivity index (χ3v) is 8.50. The first kappa shape index (κ1) is 29.9. The number of carbonyl (C=O) groups excluding carboxylic acids is 1. The van der Waals surface area contributed by atoms with Gasteiger partial charge < -0.3 is 19.1 Å². The molecule has 0 aliphatic heterocycles. The number of halogens is 3. The molecule has 0 spiro atoms. The summed E-state index contributed by atoms with van der Waals surface area (Å²) in [6.45, 7) is -0.530. The minimum atomic E-state index is -4.13. The molecular formula is C26H27Cl3N2O6S. The molecule has 0 N–H and O–H groups in total. The van der Waals surface area contributed by atoms with Crippen molar-refractivity contribution < 1.29 is 27.4 Å². The van der Waals surface area contributed by atoms with Gasteiger partial charge in [0.15, 0.2) is 11.5 Å². The third-order valence-electron chi connectivity index (χ3n) is 5.73. The number of methoxy groups -OCH3 is 3. The SMILES string of the molecule is COc1cc(CN(C)C(=O)CN(Cc2c(Cl)cccc2Cl)S(=O)(=O)c2ccc(Cl)cc2)cc(OC)c1OC. The number of sulfonamides is 1. The van der Waals surface area contributed by atoms with Crippen LogP contribution in [-0.4, -0.2) is 58.5 Å². The van der Waals surface area contributed by atoms with Crippen molar-refractivity contribution in [3.8, 4) is 17.2 Å². The van der Waals surface area contributed by atoms with E-state index in [-0.39, 0.29) is 28.0 Å². The quantitative estimate of drug-likeness (QED) is 0.288. The first-order valence-corrected chi connectivity index (χ1v) is 13.8. The second kappa shape index (κ2) is 12.9. The maximum Gasteiger partial charge on any atom is 0.243 e. The van der Waals surface area contributed by atoms with Crippen LogP contribution in [0.5, 0.6) is 17.2 Å². The average molecular weight is 602 g/mol. The number of hydrogen-bond acceptors (Lipinski definition) is 6. The highest BCUT2D eigenvalue weighted by atomic mass is 35.5. The van der Waals surface area contributed by atoms with Crippen LogP contribution < -0.4 is 14.2 Å². The molecule has 3 rings (SSSR count). The summed E-state index contributed by atoms with van der Waals surface area (Å²) in [5.41, 5.74) is 1.07. The normalized spacial score (nSPS) is 11.4. The van der Waals surface area contributed by atoms with Crippen molar-refractivity contribution in [3.63, 3.8) is 0 Å². The van der Waals surface area contributed by atoms with E-state index in [1.165, 1.54) is 50.5 Å². The molecule has 38 heavy (non-hydrogen) atoms. The molecule has 0 saturated carbocycles. The molecule has 8 nitrogen and oxygen atoms in total. The van der Waals surface area contributed by atoms with Crippen molar-refractivity contribution in [3.05, 3.63) is 80.8 Å². The second-order valence-corrected chi connectivity index (χ2v) is 11.4. The van der Waals surface area contributed by atoms with Gasteiger partial charge in [0, 0.05) is 40.8 Å². The maximum absolute atomic E-state index is 13.6. The number of benzene rings is 3. The fourth-order valence-electron chi connectivity index (χ4n) is 3.70. The topological polar surface area (TPSA) is 85.4 Å². The summed E-state index contributed by atoms with van der Waals surface area (Å²) < 4.78 is 44.4.